The monoisotopic (exact) mass is 203 g/mol. The van der Waals surface area contributed by atoms with Crippen LogP contribution in [-0.4, -0.2) is 36.3 Å². The fraction of sp³-hybridized carbons (Fsp3) is 1.00. The topological polar surface area (TPSA) is 32.3 Å². The standard InChI is InChI=1S/C10H21NOS/c1-2-13-7-3-6-11-8-10(9-12)4-5-10/h11-12H,2-9H2,1H3. The molecule has 1 aliphatic carbocycles. The normalized spacial score (nSPS) is 18.9. The van der Waals surface area contributed by atoms with Crippen molar-refractivity contribution in [1.29, 1.82) is 0 Å². The number of thioether (sulfide) groups is 1. The summed E-state index contributed by atoms with van der Waals surface area (Å²) >= 11 is 2.00. The van der Waals surface area contributed by atoms with Gasteiger partial charge in [-0.2, -0.15) is 11.8 Å². The quantitative estimate of drug-likeness (QED) is 0.586. The lowest BCUT2D eigenvalue weighted by atomic mass is 10.1. The van der Waals surface area contributed by atoms with Gasteiger partial charge in [-0.1, -0.05) is 6.92 Å². The van der Waals surface area contributed by atoms with E-state index in [0.29, 0.717) is 6.61 Å². The average Bonchev–Trinajstić information content (AvgIpc) is 2.92. The van der Waals surface area contributed by atoms with Crippen molar-refractivity contribution < 1.29 is 5.11 Å². The molecule has 1 aliphatic rings. The van der Waals surface area contributed by atoms with Crippen molar-refractivity contribution in [2.45, 2.75) is 26.2 Å². The summed E-state index contributed by atoms with van der Waals surface area (Å²) in [5.74, 6) is 2.48. The fourth-order valence-corrected chi connectivity index (χ4v) is 2.00. The molecule has 0 aromatic heterocycles. The van der Waals surface area contributed by atoms with E-state index in [4.69, 9.17) is 5.11 Å². The highest BCUT2D eigenvalue weighted by Gasteiger charge is 2.41. The van der Waals surface area contributed by atoms with Crippen molar-refractivity contribution in [1.82, 2.24) is 5.32 Å². The van der Waals surface area contributed by atoms with Gasteiger partial charge in [0.2, 0.25) is 0 Å². The number of hydrogen-bond donors (Lipinski definition) is 2. The summed E-state index contributed by atoms with van der Waals surface area (Å²) in [6, 6.07) is 0. The molecule has 0 heterocycles. The molecule has 0 bridgehead atoms. The summed E-state index contributed by atoms with van der Waals surface area (Å²) in [6.07, 6.45) is 3.67. The van der Waals surface area contributed by atoms with Gasteiger partial charge in [0.05, 0.1) is 0 Å². The van der Waals surface area contributed by atoms with Crippen molar-refractivity contribution in [3.63, 3.8) is 0 Å². The van der Waals surface area contributed by atoms with Gasteiger partial charge in [-0.3, -0.25) is 0 Å². The Morgan fingerprint density at radius 3 is 2.77 bits per heavy atom. The highest BCUT2D eigenvalue weighted by molar-refractivity contribution is 7.99. The molecule has 1 saturated carbocycles. The zero-order valence-corrected chi connectivity index (χ0v) is 9.33. The van der Waals surface area contributed by atoms with E-state index in [0.717, 1.165) is 13.1 Å². The maximum Gasteiger partial charge on any atom is 0.0499 e. The summed E-state index contributed by atoms with van der Waals surface area (Å²) in [6.45, 7) is 4.68. The van der Waals surface area contributed by atoms with Gasteiger partial charge < -0.3 is 10.4 Å². The molecule has 0 aromatic rings. The molecule has 0 amide bonds. The first-order chi connectivity index (χ1) is 6.33. The molecule has 13 heavy (non-hydrogen) atoms. The second kappa shape index (κ2) is 5.89. The maximum absolute atomic E-state index is 9.05. The Balaban J connectivity index is 1.84. The van der Waals surface area contributed by atoms with Crippen molar-refractivity contribution in [3.8, 4) is 0 Å². The van der Waals surface area contributed by atoms with Crippen LogP contribution in [-0.2, 0) is 0 Å². The minimum Gasteiger partial charge on any atom is -0.396 e. The number of nitrogens with one attached hydrogen (secondary N) is 1. The van der Waals surface area contributed by atoms with Gasteiger partial charge in [0.1, 0.15) is 0 Å². The van der Waals surface area contributed by atoms with E-state index >= 15 is 0 Å². The van der Waals surface area contributed by atoms with Crippen molar-refractivity contribution in [3.05, 3.63) is 0 Å². The number of aliphatic hydroxyl groups is 1. The van der Waals surface area contributed by atoms with E-state index < -0.39 is 0 Å². The minimum atomic E-state index is 0.276. The molecule has 2 N–H and O–H groups in total. The lowest BCUT2D eigenvalue weighted by Gasteiger charge is -2.12. The van der Waals surface area contributed by atoms with Crippen LogP contribution in [0.5, 0.6) is 0 Å². The largest absolute Gasteiger partial charge is 0.396 e. The van der Waals surface area contributed by atoms with Gasteiger partial charge in [0.25, 0.3) is 0 Å². The molecule has 0 atom stereocenters. The van der Waals surface area contributed by atoms with Crippen LogP contribution in [0.4, 0.5) is 0 Å². The third-order valence-corrected chi connectivity index (χ3v) is 3.62. The Kier molecular flexibility index (Phi) is 5.14. The molecule has 1 fully saturated rings. The SMILES string of the molecule is CCSCCCNCC1(CO)CC1. The summed E-state index contributed by atoms with van der Waals surface area (Å²) in [4.78, 5) is 0. The first-order valence-electron chi connectivity index (χ1n) is 5.22. The molecule has 0 aromatic carbocycles. The van der Waals surface area contributed by atoms with Crippen LogP contribution in [0.2, 0.25) is 0 Å². The lowest BCUT2D eigenvalue weighted by molar-refractivity contribution is 0.208. The molecule has 0 saturated heterocycles. The Hall–Kier alpha value is 0.270. The lowest BCUT2D eigenvalue weighted by Crippen LogP contribution is -2.27. The van der Waals surface area contributed by atoms with Crippen LogP contribution in [0.1, 0.15) is 26.2 Å². The highest BCUT2D eigenvalue weighted by atomic mass is 32.2. The summed E-state index contributed by atoms with van der Waals surface area (Å²) < 4.78 is 0. The van der Waals surface area contributed by atoms with Gasteiger partial charge in [-0.25, -0.2) is 0 Å². The van der Waals surface area contributed by atoms with Gasteiger partial charge in [-0.05, 0) is 37.3 Å². The molecular formula is C10H21NOS. The van der Waals surface area contributed by atoms with Crippen molar-refractivity contribution >= 4 is 11.8 Å². The predicted molar refractivity (Wildman–Crippen MR) is 59.2 cm³/mol. The number of rotatable bonds is 8. The molecule has 0 aliphatic heterocycles. The van der Waals surface area contributed by atoms with Crippen molar-refractivity contribution in [2.75, 3.05) is 31.2 Å². The molecule has 0 unspecified atom stereocenters. The van der Waals surface area contributed by atoms with Crippen LogP contribution >= 0.6 is 11.8 Å². The second-order valence-corrected chi connectivity index (χ2v) is 5.28. The van der Waals surface area contributed by atoms with Crippen LogP contribution in [0.3, 0.4) is 0 Å². The third-order valence-electron chi connectivity index (χ3n) is 2.64. The third kappa shape index (κ3) is 4.34. The molecule has 2 nitrogen and oxygen atoms in total. The molecule has 1 rings (SSSR count). The van der Waals surface area contributed by atoms with E-state index in [1.165, 1.54) is 30.8 Å². The van der Waals surface area contributed by atoms with Crippen LogP contribution < -0.4 is 5.32 Å². The van der Waals surface area contributed by atoms with Crippen LogP contribution in [0.15, 0.2) is 0 Å². The van der Waals surface area contributed by atoms with Crippen LogP contribution in [0.25, 0.3) is 0 Å². The van der Waals surface area contributed by atoms with Crippen molar-refractivity contribution in [2.24, 2.45) is 5.41 Å². The number of hydrogen-bond acceptors (Lipinski definition) is 3. The van der Waals surface area contributed by atoms with Gasteiger partial charge in [0, 0.05) is 18.6 Å². The number of aliphatic hydroxyl groups excluding tert-OH is 1. The Morgan fingerprint density at radius 2 is 2.23 bits per heavy atom. The first kappa shape index (κ1) is 11.3. The minimum absolute atomic E-state index is 0.276. The van der Waals surface area contributed by atoms with Gasteiger partial charge >= 0.3 is 0 Å². The van der Waals surface area contributed by atoms with E-state index in [1.807, 2.05) is 11.8 Å². The molecular weight excluding hydrogens is 182 g/mol. The Labute approximate surface area is 85.5 Å². The summed E-state index contributed by atoms with van der Waals surface area (Å²) in [7, 11) is 0. The zero-order chi connectivity index (χ0) is 9.57. The molecule has 78 valence electrons. The molecule has 3 heteroatoms. The van der Waals surface area contributed by atoms with E-state index in [9.17, 15) is 0 Å². The van der Waals surface area contributed by atoms with Gasteiger partial charge in [-0.15, -0.1) is 0 Å². The first-order valence-corrected chi connectivity index (χ1v) is 6.38. The molecule has 0 spiro atoms. The van der Waals surface area contributed by atoms with Gasteiger partial charge in [0.15, 0.2) is 0 Å². The Bertz CT molecular complexity index is 137. The fourth-order valence-electron chi connectivity index (χ4n) is 1.36. The Morgan fingerprint density at radius 1 is 1.46 bits per heavy atom. The van der Waals surface area contributed by atoms with Crippen LogP contribution in [0, 0.1) is 5.41 Å². The van der Waals surface area contributed by atoms with E-state index in [-0.39, 0.29) is 5.41 Å². The van der Waals surface area contributed by atoms with E-state index in [1.54, 1.807) is 0 Å². The zero-order valence-electron chi connectivity index (χ0n) is 8.51. The predicted octanol–water partition coefficient (Wildman–Crippen LogP) is 1.49. The summed E-state index contributed by atoms with van der Waals surface area (Å²) in [5.41, 5.74) is 0.276. The smallest absolute Gasteiger partial charge is 0.0499 e. The highest BCUT2D eigenvalue weighted by Crippen LogP contribution is 2.44. The summed E-state index contributed by atoms with van der Waals surface area (Å²) in [5, 5.41) is 12.5. The second-order valence-electron chi connectivity index (χ2n) is 3.89. The molecule has 0 radical (unpaired) electrons. The average molecular weight is 203 g/mol. The maximum atomic E-state index is 9.05. The van der Waals surface area contributed by atoms with E-state index in [2.05, 4.69) is 12.2 Å².